The van der Waals surface area contributed by atoms with Crippen LogP contribution < -0.4 is 20.5 Å². The lowest BCUT2D eigenvalue weighted by atomic mass is 10.1. The maximum atomic E-state index is 12.1. The molecule has 0 saturated heterocycles. The van der Waals surface area contributed by atoms with Gasteiger partial charge in [0.25, 0.3) is 4.83 Å². The van der Waals surface area contributed by atoms with Gasteiger partial charge in [0, 0.05) is 12.4 Å². The summed E-state index contributed by atoms with van der Waals surface area (Å²) in [5, 5.41) is 16.6. The third-order valence-corrected chi connectivity index (χ3v) is 6.11. The average Bonchev–Trinajstić information content (AvgIpc) is 3.05. The Kier molecular flexibility index (Phi) is 3.85. The highest BCUT2D eigenvalue weighted by atomic mass is 32.2. The monoisotopic (exact) mass is 405 g/mol. The molecule has 10 heteroatoms. The van der Waals surface area contributed by atoms with Gasteiger partial charge in [-0.2, -0.15) is 4.98 Å². The number of hydrogen-bond donors (Lipinski definition) is 2. The summed E-state index contributed by atoms with van der Waals surface area (Å²) in [7, 11) is -1.54. The molecule has 1 aromatic carbocycles. The maximum Gasteiger partial charge on any atom is 0.323 e. The van der Waals surface area contributed by atoms with E-state index in [2.05, 4.69) is 25.6 Å². The number of amides is 2. The molecule has 4 heterocycles. The molecule has 0 spiro atoms. The van der Waals surface area contributed by atoms with E-state index in [1.807, 2.05) is 18.2 Å². The number of urea groups is 1. The summed E-state index contributed by atoms with van der Waals surface area (Å²) in [6.45, 7) is 0. The van der Waals surface area contributed by atoms with Gasteiger partial charge >= 0.3 is 17.3 Å². The van der Waals surface area contributed by atoms with E-state index in [4.69, 9.17) is 4.74 Å². The van der Waals surface area contributed by atoms with Gasteiger partial charge in [0.2, 0.25) is 4.88 Å². The zero-order valence-corrected chi connectivity index (χ0v) is 15.4. The zero-order chi connectivity index (χ0) is 20.0. The van der Waals surface area contributed by atoms with Gasteiger partial charge in [0.1, 0.15) is 22.5 Å². The first-order chi connectivity index (χ1) is 14.1. The number of pyridine rings is 1. The summed E-state index contributed by atoms with van der Waals surface area (Å²) in [6.07, 6.45) is 2.92. The standard InChI is InChI=1S/C19H11N5O4S/c25-17-22-11-6-8-20-16-13(11)14(24-17)15(29(16)19(26)27)12-7-9-21-18(23-12)28-10-4-2-1-3-5-10/h1-9H,(H2-,20,21,22,23,24,25,26,27). The number of thiophene rings is 1. The Morgan fingerprint density at radius 3 is 2.62 bits per heavy atom. The van der Waals surface area contributed by atoms with Crippen molar-refractivity contribution in [2.45, 2.75) is 0 Å². The molecular formula is C19H11N5O4S. The van der Waals surface area contributed by atoms with E-state index in [0.717, 1.165) is 0 Å². The van der Waals surface area contributed by atoms with Crippen LogP contribution in [0.1, 0.15) is 0 Å². The van der Waals surface area contributed by atoms with E-state index in [1.165, 1.54) is 12.4 Å². The van der Waals surface area contributed by atoms with Gasteiger partial charge in [-0.1, -0.05) is 18.2 Å². The normalized spacial score (nSPS) is 13.0. The SMILES string of the molecule is O=C1Nc2ccnc3c2c(c(-c2ccnc(Oc4ccccc4)n2)[s+]3C(=O)[O-])N1. The van der Waals surface area contributed by atoms with Crippen LogP contribution in [0.4, 0.5) is 21.0 Å². The second-order valence-electron chi connectivity index (χ2n) is 6.02. The quantitative estimate of drug-likeness (QED) is 0.498. The number of hydrogen-bond acceptors (Lipinski definition) is 7. The predicted octanol–water partition coefficient (Wildman–Crippen LogP) is 3.38. The number of carboxylic acid groups (broad SMARTS) is 1. The Labute approximate surface area is 166 Å². The maximum absolute atomic E-state index is 12.1. The molecule has 0 bridgehead atoms. The van der Waals surface area contributed by atoms with E-state index in [0.29, 0.717) is 37.9 Å². The average molecular weight is 405 g/mol. The molecule has 0 saturated carbocycles. The van der Waals surface area contributed by atoms with Crippen LogP contribution in [-0.2, 0) is 0 Å². The van der Waals surface area contributed by atoms with Crippen LogP contribution in [-0.4, -0.2) is 26.3 Å². The highest BCUT2D eigenvalue weighted by Crippen LogP contribution is 2.52. The third kappa shape index (κ3) is 2.82. The molecule has 1 aliphatic heterocycles. The van der Waals surface area contributed by atoms with Crippen molar-refractivity contribution in [3.8, 4) is 22.3 Å². The Hall–Kier alpha value is -4.05. The second kappa shape index (κ2) is 6.53. The molecule has 9 nitrogen and oxygen atoms in total. The number of nitrogens with one attached hydrogen (secondary N) is 2. The molecule has 0 radical (unpaired) electrons. The van der Waals surface area contributed by atoms with E-state index in [1.54, 1.807) is 24.3 Å². The number of carbonyl (C=O) groups excluding carboxylic acids is 2. The fraction of sp³-hybridized carbons (Fsp3) is 0. The van der Waals surface area contributed by atoms with Gasteiger partial charge in [-0.15, -0.1) is 0 Å². The summed E-state index contributed by atoms with van der Waals surface area (Å²) in [4.78, 5) is 37.4. The molecule has 5 rings (SSSR count). The van der Waals surface area contributed by atoms with Crippen molar-refractivity contribution < 1.29 is 19.4 Å². The number of anilines is 2. The van der Waals surface area contributed by atoms with E-state index in [9.17, 15) is 14.7 Å². The third-order valence-electron chi connectivity index (χ3n) is 4.26. The zero-order valence-electron chi connectivity index (χ0n) is 14.6. The minimum atomic E-state index is -1.54. The number of benzene rings is 1. The van der Waals surface area contributed by atoms with E-state index in [-0.39, 0.29) is 6.01 Å². The van der Waals surface area contributed by atoms with Gasteiger partial charge in [-0.3, -0.25) is 0 Å². The fourth-order valence-electron chi connectivity index (χ4n) is 3.15. The van der Waals surface area contributed by atoms with Gasteiger partial charge in [0.05, 0.1) is 16.2 Å². The minimum absolute atomic E-state index is 0.0492. The Balaban J connectivity index is 1.72. The van der Waals surface area contributed by atoms with Crippen LogP contribution in [0.5, 0.6) is 11.8 Å². The highest BCUT2D eigenvalue weighted by Gasteiger charge is 2.37. The van der Waals surface area contributed by atoms with Crippen LogP contribution in [0, 0.1) is 0 Å². The molecule has 142 valence electrons. The van der Waals surface area contributed by atoms with Gasteiger partial charge in [-0.05, 0) is 24.3 Å². The molecule has 2 N–H and O–H groups in total. The Bertz CT molecular complexity index is 1290. The Morgan fingerprint density at radius 1 is 1.03 bits per heavy atom. The lowest BCUT2D eigenvalue weighted by molar-refractivity contribution is -0.233. The molecule has 1 atom stereocenters. The van der Waals surface area contributed by atoms with Gasteiger partial charge < -0.3 is 25.3 Å². The number of rotatable bonds is 4. The number of aromatic nitrogens is 3. The molecule has 0 fully saturated rings. The second-order valence-corrected chi connectivity index (χ2v) is 7.76. The summed E-state index contributed by atoms with van der Waals surface area (Å²) >= 11 is 0. The Morgan fingerprint density at radius 2 is 1.83 bits per heavy atom. The molecule has 1 unspecified atom stereocenters. The summed E-state index contributed by atoms with van der Waals surface area (Å²) < 4.78 is 5.66. The molecule has 0 aliphatic carbocycles. The predicted molar refractivity (Wildman–Crippen MR) is 105 cm³/mol. The molecule has 4 aromatic rings. The van der Waals surface area contributed by atoms with Crippen LogP contribution in [0.15, 0.2) is 54.9 Å². The van der Waals surface area contributed by atoms with E-state index < -0.39 is 21.8 Å². The summed E-state index contributed by atoms with van der Waals surface area (Å²) in [6, 6.07) is 11.7. The number of ether oxygens (including phenoxy) is 1. The summed E-state index contributed by atoms with van der Waals surface area (Å²) in [5.41, 5.74) is 1.14. The lowest BCUT2D eigenvalue weighted by Crippen LogP contribution is -2.23. The van der Waals surface area contributed by atoms with Crippen LogP contribution in [0.2, 0.25) is 0 Å². The van der Waals surface area contributed by atoms with Gasteiger partial charge in [0.15, 0.2) is 0 Å². The van der Waals surface area contributed by atoms with Crippen LogP contribution in [0.25, 0.3) is 20.8 Å². The first kappa shape index (κ1) is 17.1. The largest absolute Gasteiger partial charge is 0.500 e. The first-order valence-electron chi connectivity index (χ1n) is 8.45. The minimum Gasteiger partial charge on any atom is -0.500 e. The fourth-order valence-corrected chi connectivity index (χ4v) is 4.93. The molecule has 2 amide bonds. The first-order valence-corrected chi connectivity index (χ1v) is 9.67. The topological polar surface area (TPSA) is 129 Å². The van der Waals surface area contributed by atoms with Crippen molar-refractivity contribution in [1.82, 2.24) is 15.0 Å². The van der Waals surface area contributed by atoms with E-state index >= 15 is 0 Å². The van der Waals surface area contributed by atoms with Crippen LogP contribution in [0.3, 0.4) is 0 Å². The number of para-hydroxylation sites is 1. The molecular weight excluding hydrogens is 394 g/mol. The molecule has 3 aromatic heterocycles. The van der Waals surface area contributed by atoms with Crippen molar-refractivity contribution in [2.24, 2.45) is 0 Å². The molecule has 1 aliphatic rings. The molecule has 29 heavy (non-hydrogen) atoms. The van der Waals surface area contributed by atoms with Crippen molar-refractivity contribution >= 4 is 43.4 Å². The summed E-state index contributed by atoms with van der Waals surface area (Å²) in [5.74, 6) is 0.537. The van der Waals surface area contributed by atoms with Crippen molar-refractivity contribution in [3.05, 3.63) is 54.9 Å². The van der Waals surface area contributed by atoms with Crippen LogP contribution >= 0.6 is 10.5 Å². The smallest absolute Gasteiger partial charge is 0.323 e. The van der Waals surface area contributed by atoms with Crippen molar-refractivity contribution in [1.29, 1.82) is 0 Å². The number of nitrogens with zero attached hydrogens (tertiary/aromatic N) is 3. The highest BCUT2D eigenvalue weighted by molar-refractivity contribution is 7.57. The lowest BCUT2D eigenvalue weighted by Gasteiger charge is -2.13. The van der Waals surface area contributed by atoms with Gasteiger partial charge in [-0.25, -0.2) is 14.8 Å². The number of carbonyl (C=O) groups is 2. The van der Waals surface area contributed by atoms with Crippen molar-refractivity contribution in [2.75, 3.05) is 10.6 Å². The van der Waals surface area contributed by atoms with Crippen molar-refractivity contribution in [3.63, 3.8) is 0 Å².